The van der Waals surface area contributed by atoms with E-state index in [1.165, 1.54) is 30.3 Å². The Hall–Kier alpha value is -0.890. The van der Waals surface area contributed by atoms with Crippen molar-refractivity contribution in [3.63, 3.8) is 0 Å². The van der Waals surface area contributed by atoms with Crippen LogP contribution in [-0.2, 0) is 19.1 Å². The van der Waals surface area contributed by atoms with Gasteiger partial charge in [0.1, 0.15) is 0 Å². The number of benzene rings is 1. The van der Waals surface area contributed by atoms with Crippen LogP contribution in [0.5, 0.6) is 0 Å². The van der Waals surface area contributed by atoms with Gasteiger partial charge < -0.3 is 0 Å². The lowest BCUT2D eigenvalue weighted by Crippen LogP contribution is -2.11. The van der Waals surface area contributed by atoms with Crippen molar-refractivity contribution in [2.75, 3.05) is 0 Å². The summed E-state index contributed by atoms with van der Waals surface area (Å²) in [6.07, 6.45) is 1.25. The van der Waals surface area contributed by atoms with Crippen LogP contribution in [0.4, 0.5) is 0 Å². The molecule has 0 aliphatic heterocycles. The van der Waals surface area contributed by atoms with Crippen molar-refractivity contribution in [1.82, 2.24) is 0 Å². The zero-order valence-corrected chi connectivity index (χ0v) is 10.3. The van der Waals surface area contributed by atoms with E-state index >= 15 is 0 Å². The van der Waals surface area contributed by atoms with Gasteiger partial charge in [0.25, 0.3) is 9.05 Å². The minimum absolute atomic E-state index is 0.0432. The summed E-state index contributed by atoms with van der Waals surface area (Å²) in [5.74, 6) is 0. The van der Waals surface area contributed by atoms with Gasteiger partial charge in [0, 0.05) is 16.1 Å². The fourth-order valence-corrected chi connectivity index (χ4v) is 1.92. The zero-order valence-electron chi connectivity index (χ0n) is 7.87. The highest BCUT2D eigenvalue weighted by Gasteiger charge is 2.06. The van der Waals surface area contributed by atoms with Crippen LogP contribution in [0.25, 0.3) is 6.08 Å². The summed E-state index contributed by atoms with van der Waals surface area (Å²) >= 11 is 0. The number of nitrogens with two attached hydrogens (primary N) is 1. The highest BCUT2D eigenvalue weighted by Crippen LogP contribution is 2.11. The standard InChI is InChI=1S/C8H8ClNO4S2/c9-15(11,12)6-5-7-1-3-8(4-2-7)16(10,13)14/h1-6H,(H2,10,13,14). The van der Waals surface area contributed by atoms with Gasteiger partial charge in [-0.3, -0.25) is 0 Å². The van der Waals surface area contributed by atoms with E-state index in [0.29, 0.717) is 5.56 Å². The molecule has 0 amide bonds. The van der Waals surface area contributed by atoms with Gasteiger partial charge in [-0.05, 0) is 23.8 Å². The average Bonchev–Trinajstić information content (AvgIpc) is 2.13. The highest BCUT2D eigenvalue weighted by atomic mass is 35.7. The molecule has 0 heterocycles. The van der Waals surface area contributed by atoms with Gasteiger partial charge in [-0.1, -0.05) is 12.1 Å². The quantitative estimate of drug-likeness (QED) is 0.832. The van der Waals surface area contributed by atoms with Crippen LogP contribution in [0.1, 0.15) is 5.56 Å². The Kier molecular flexibility index (Phi) is 3.74. The average molecular weight is 282 g/mol. The summed E-state index contributed by atoms with van der Waals surface area (Å²) in [5, 5.41) is 5.69. The number of halogens is 1. The first-order chi connectivity index (χ1) is 7.18. The molecule has 0 aromatic heterocycles. The molecule has 16 heavy (non-hydrogen) atoms. The monoisotopic (exact) mass is 281 g/mol. The molecule has 0 atom stereocenters. The van der Waals surface area contributed by atoms with Crippen molar-refractivity contribution in [3.05, 3.63) is 35.2 Å². The van der Waals surface area contributed by atoms with Gasteiger partial charge in [-0.25, -0.2) is 22.0 Å². The predicted molar refractivity (Wildman–Crippen MR) is 61.6 cm³/mol. The van der Waals surface area contributed by atoms with Crippen LogP contribution in [-0.4, -0.2) is 16.8 Å². The van der Waals surface area contributed by atoms with Crippen LogP contribution in [0.15, 0.2) is 34.6 Å². The second kappa shape index (κ2) is 4.54. The minimum atomic E-state index is -3.73. The molecule has 0 aliphatic carbocycles. The fraction of sp³-hybridized carbons (Fsp3) is 0. The molecule has 1 rings (SSSR count). The summed E-state index contributed by atoms with van der Waals surface area (Å²) in [7, 11) is -2.49. The summed E-state index contributed by atoms with van der Waals surface area (Å²) in [5.41, 5.74) is 0.497. The Morgan fingerprint density at radius 1 is 1.06 bits per heavy atom. The van der Waals surface area contributed by atoms with Crippen molar-refractivity contribution in [2.45, 2.75) is 4.90 Å². The first-order valence-electron chi connectivity index (χ1n) is 3.94. The van der Waals surface area contributed by atoms with Crippen LogP contribution in [0.3, 0.4) is 0 Å². The first kappa shape index (κ1) is 13.2. The summed E-state index contributed by atoms with van der Waals surface area (Å²) < 4.78 is 43.0. The van der Waals surface area contributed by atoms with Crippen LogP contribution >= 0.6 is 10.7 Å². The van der Waals surface area contributed by atoms with Crippen molar-refractivity contribution >= 4 is 35.8 Å². The molecule has 0 aliphatic rings. The molecule has 2 N–H and O–H groups in total. The van der Waals surface area contributed by atoms with E-state index in [4.69, 9.17) is 15.8 Å². The van der Waals surface area contributed by atoms with Crippen LogP contribution in [0, 0.1) is 0 Å². The summed E-state index contributed by atoms with van der Waals surface area (Å²) in [6.45, 7) is 0. The van der Waals surface area contributed by atoms with Gasteiger partial charge >= 0.3 is 0 Å². The fourth-order valence-electron chi connectivity index (χ4n) is 0.928. The topological polar surface area (TPSA) is 94.3 Å². The SMILES string of the molecule is NS(=O)(=O)c1ccc(C=CS(=O)(=O)Cl)cc1. The largest absolute Gasteiger partial charge is 0.254 e. The molecule has 8 heteroatoms. The smallest absolute Gasteiger partial charge is 0.225 e. The summed E-state index contributed by atoms with van der Waals surface area (Å²) in [6, 6.07) is 5.38. The molecule has 0 saturated carbocycles. The van der Waals surface area contributed by atoms with Crippen molar-refractivity contribution < 1.29 is 16.8 Å². The van der Waals surface area contributed by atoms with Gasteiger partial charge in [0.15, 0.2) is 0 Å². The van der Waals surface area contributed by atoms with Crippen molar-refractivity contribution in [1.29, 1.82) is 0 Å². The lowest BCUT2D eigenvalue weighted by Gasteiger charge is -1.97. The van der Waals surface area contributed by atoms with E-state index in [1.807, 2.05) is 0 Å². The predicted octanol–water partition coefficient (Wildman–Crippen LogP) is 0.873. The molecule has 0 bridgehead atoms. The maximum Gasteiger partial charge on any atom is 0.254 e. The molecule has 0 radical (unpaired) electrons. The normalized spacial score (nSPS) is 13.1. The molecule has 0 saturated heterocycles. The molecule has 5 nitrogen and oxygen atoms in total. The van der Waals surface area contributed by atoms with Crippen LogP contribution < -0.4 is 5.14 Å². The number of rotatable bonds is 3. The lowest BCUT2D eigenvalue weighted by atomic mass is 10.2. The third-order valence-electron chi connectivity index (χ3n) is 1.63. The number of hydrogen-bond acceptors (Lipinski definition) is 4. The van der Waals surface area contributed by atoms with Crippen LogP contribution in [0.2, 0.25) is 0 Å². The van der Waals surface area contributed by atoms with Crippen molar-refractivity contribution in [3.8, 4) is 0 Å². The maximum absolute atomic E-state index is 10.9. The first-order valence-corrected chi connectivity index (χ1v) is 7.86. The van der Waals surface area contributed by atoms with E-state index in [2.05, 4.69) is 0 Å². The Balaban J connectivity index is 3.02. The van der Waals surface area contributed by atoms with E-state index in [0.717, 1.165) is 5.41 Å². The number of primary sulfonamides is 1. The molecule has 1 aromatic carbocycles. The van der Waals surface area contributed by atoms with E-state index < -0.39 is 19.1 Å². The zero-order chi connectivity index (χ0) is 12.4. The highest BCUT2D eigenvalue weighted by molar-refractivity contribution is 8.16. The molecular formula is C8H8ClNO4S2. The molecular weight excluding hydrogens is 274 g/mol. The van der Waals surface area contributed by atoms with Gasteiger partial charge in [-0.15, -0.1) is 0 Å². The molecule has 88 valence electrons. The third-order valence-corrected chi connectivity index (χ3v) is 3.33. The number of hydrogen-bond donors (Lipinski definition) is 1. The van der Waals surface area contributed by atoms with E-state index in [9.17, 15) is 16.8 Å². The Morgan fingerprint density at radius 2 is 1.56 bits per heavy atom. The van der Waals surface area contributed by atoms with Gasteiger partial charge in [0.05, 0.1) is 4.90 Å². The minimum Gasteiger partial charge on any atom is -0.225 e. The lowest BCUT2D eigenvalue weighted by molar-refractivity contribution is 0.597. The third kappa shape index (κ3) is 4.31. The molecule has 0 unspecified atom stereocenters. The van der Waals surface area contributed by atoms with Gasteiger partial charge in [0.2, 0.25) is 10.0 Å². The maximum atomic E-state index is 10.9. The second-order valence-electron chi connectivity index (χ2n) is 2.89. The molecule has 0 fully saturated rings. The van der Waals surface area contributed by atoms with E-state index in [-0.39, 0.29) is 4.90 Å². The molecule has 1 aromatic rings. The second-order valence-corrected chi connectivity index (χ2v) is 6.97. The Morgan fingerprint density at radius 3 is 1.94 bits per heavy atom. The molecule has 0 spiro atoms. The summed E-state index contributed by atoms with van der Waals surface area (Å²) in [4.78, 5) is -0.0432. The van der Waals surface area contributed by atoms with Crippen molar-refractivity contribution in [2.24, 2.45) is 5.14 Å². The Bertz CT molecular complexity index is 602. The van der Waals surface area contributed by atoms with Gasteiger partial charge in [-0.2, -0.15) is 0 Å². The van der Waals surface area contributed by atoms with E-state index in [1.54, 1.807) is 0 Å². The number of sulfonamides is 1. The Labute approximate surface area is 98.0 Å².